The molecular formula is C20H35NO2S. The number of aliphatic hydroxyl groups excluding tert-OH is 1. The fourth-order valence-electron chi connectivity index (χ4n) is 8.02. The Hall–Kier alpha value is 0.0700. The zero-order valence-corrected chi connectivity index (χ0v) is 16.4. The summed E-state index contributed by atoms with van der Waals surface area (Å²) >= 11 is 0. The molecule has 5 fully saturated rings. The first-order valence-corrected chi connectivity index (χ1v) is 11.7. The van der Waals surface area contributed by atoms with Crippen LogP contribution in [0.3, 0.4) is 0 Å². The molecule has 138 valence electrons. The average molecular weight is 354 g/mol. The maximum atomic E-state index is 11.9. The third-order valence-corrected chi connectivity index (χ3v) is 9.81. The predicted molar refractivity (Wildman–Crippen MR) is 99.0 cm³/mol. The summed E-state index contributed by atoms with van der Waals surface area (Å²) in [6.07, 6.45) is 11.2. The first kappa shape index (κ1) is 17.5. The molecule has 3 nitrogen and oxygen atoms in total. The molecule has 0 heterocycles. The molecule has 0 aromatic heterocycles. The van der Waals surface area contributed by atoms with Gasteiger partial charge in [0.05, 0.1) is 6.10 Å². The molecule has 2 bridgehead atoms. The molecule has 0 saturated heterocycles. The van der Waals surface area contributed by atoms with E-state index in [1.165, 1.54) is 38.5 Å². The van der Waals surface area contributed by atoms with Gasteiger partial charge in [0.2, 0.25) is 0 Å². The topological polar surface area (TPSA) is 63.3 Å². The average Bonchev–Trinajstić information content (AvgIpc) is 2.49. The zero-order valence-electron chi connectivity index (χ0n) is 15.6. The van der Waals surface area contributed by atoms with Crippen molar-refractivity contribution in [2.45, 2.75) is 76.9 Å². The minimum absolute atomic E-state index is 0.0411. The molecule has 0 amide bonds. The van der Waals surface area contributed by atoms with Gasteiger partial charge in [-0.3, -0.25) is 4.21 Å². The van der Waals surface area contributed by atoms with Gasteiger partial charge < -0.3 is 10.8 Å². The van der Waals surface area contributed by atoms with Crippen LogP contribution in [-0.2, 0) is 10.8 Å². The molecule has 5 rings (SSSR count). The number of hydrogen-bond donors (Lipinski definition) is 2. The molecule has 9 atom stereocenters. The summed E-state index contributed by atoms with van der Waals surface area (Å²) in [6, 6.07) is 0. The van der Waals surface area contributed by atoms with Crippen LogP contribution in [0.5, 0.6) is 0 Å². The Kier molecular flexibility index (Phi) is 4.03. The first-order valence-electron chi connectivity index (χ1n) is 9.98. The Balaban J connectivity index is 1.70. The van der Waals surface area contributed by atoms with Gasteiger partial charge in [0.25, 0.3) is 0 Å². The van der Waals surface area contributed by atoms with Crippen molar-refractivity contribution in [1.29, 1.82) is 0 Å². The van der Waals surface area contributed by atoms with Gasteiger partial charge in [-0.15, -0.1) is 0 Å². The first-order chi connectivity index (χ1) is 11.2. The Morgan fingerprint density at radius 1 is 1.12 bits per heavy atom. The van der Waals surface area contributed by atoms with Crippen molar-refractivity contribution in [3.05, 3.63) is 0 Å². The molecule has 0 radical (unpaired) electrons. The van der Waals surface area contributed by atoms with Crippen LogP contribution >= 0.6 is 0 Å². The smallest absolute Gasteiger partial charge is 0.0638 e. The second-order valence-electron chi connectivity index (χ2n) is 10.1. The third kappa shape index (κ3) is 2.24. The van der Waals surface area contributed by atoms with Gasteiger partial charge in [-0.2, -0.15) is 0 Å². The van der Waals surface area contributed by atoms with Crippen LogP contribution in [0.1, 0.15) is 65.2 Å². The Bertz CT molecular complexity index is 550. The number of hydrogen-bond acceptors (Lipinski definition) is 3. The van der Waals surface area contributed by atoms with Gasteiger partial charge in [0, 0.05) is 28.3 Å². The van der Waals surface area contributed by atoms with Crippen molar-refractivity contribution in [1.82, 2.24) is 0 Å². The van der Waals surface area contributed by atoms with Gasteiger partial charge >= 0.3 is 0 Å². The zero-order chi connectivity index (χ0) is 17.3. The molecular weight excluding hydrogens is 318 g/mol. The Labute approximate surface area is 149 Å². The van der Waals surface area contributed by atoms with E-state index in [2.05, 4.69) is 13.8 Å². The van der Waals surface area contributed by atoms with Gasteiger partial charge in [-0.05, 0) is 86.4 Å². The van der Waals surface area contributed by atoms with Crippen molar-refractivity contribution < 1.29 is 9.32 Å². The lowest BCUT2D eigenvalue weighted by Gasteiger charge is -2.70. The highest BCUT2D eigenvalue weighted by atomic mass is 32.2. The number of rotatable bonds is 2. The molecule has 0 aromatic carbocycles. The minimum atomic E-state index is -0.812. The highest BCUT2D eigenvalue weighted by Gasteiger charge is 2.67. The summed E-state index contributed by atoms with van der Waals surface area (Å²) in [5.41, 5.74) is 7.09. The maximum absolute atomic E-state index is 11.9. The van der Waals surface area contributed by atoms with Gasteiger partial charge in [0.1, 0.15) is 0 Å². The standard InChI is InChI=1S/C20H35NO2S/c1-18-7-4-8-19(2,21)15(18)6-10-20-9-5-13(11-16(18)20)14(17(20)22)12-24(3)23/h13-17,22H,4-12,21H2,1-3H3/t13-,14+,15+,16+,17-,18-,19-,20+,24?/m1/s1. The van der Waals surface area contributed by atoms with Crippen molar-refractivity contribution in [2.75, 3.05) is 12.0 Å². The third-order valence-electron chi connectivity index (χ3n) is 8.96. The Morgan fingerprint density at radius 3 is 2.54 bits per heavy atom. The van der Waals surface area contributed by atoms with E-state index in [0.29, 0.717) is 23.5 Å². The lowest BCUT2D eigenvalue weighted by atomic mass is 9.36. The van der Waals surface area contributed by atoms with E-state index in [-0.39, 0.29) is 28.4 Å². The molecule has 0 aromatic rings. The van der Waals surface area contributed by atoms with Crippen LogP contribution in [0, 0.1) is 34.5 Å². The SMILES string of the molecule is CS(=O)C[C@H]1[C@@H]2CC[C@@]3(CC[C@H]4[C@@](C)(CCC[C@@]4(C)N)[C@@H]3C2)[C@@H]1O. The lowest BCUT2D eigenvalue weighted by Crippen LogP contribution is -2.68. The number of fused-ring (bicyclic) bond motifs is 3. The summed E-state index contributed by atoms with van der Waals surface area (Å²) < 4.78 is 11.9. The van der Waals surface area contributed by atoms with E-state index in [0.717, 1.165) is 12.8 Å². The fourth-order valence-corrected chi connectivity index (χ4v) is 9.02. The molecule has 1 spiro atoms. The summed E-state index contributed by atoms with van der Waals surface area (Å²) in [7, 11) is -0.812. The van der Waals surface area contributed by atoms with Crippen LogP contribution in [0.15, 0.2) is 0 Å². The molecule has 5 saturated carbocycles. The lowest BCUT2D eigenvalue weighted by molar-refractivity contribution is -0.231. The number of nitrogens with two attached hydrogens (primary N) is 1. The molecule has 1 unspecified atom stereocenters. The number of aliphatic hydroxyl groups is 1. The predicted octanol–water partition coefficient (Wildman–Crippen LogP) is 3.08. The van der Waals surface area contributed by atoms with E-state index in [1.807, 2.05) is 0 Å². The van der Waals surface area contributed by atoms with Crippen molar-refractivity contribution in [3.8, 4) is 0 Å². The van der Waals surface area contributed by atoms with E-state index < -0.39 is 10.8 Å². The van der Waals surface area contributed by atoms with E-state index in [4.69, 9.17) is 5.73 Å². The van der Waals surface area contributed by atoms with Crippen LogP contribution in [0.25, 0.3) is 0 Å². The van der Waals surface area contributed by atoms with Crippen LogP contribution < -0.4 is 5.73 Å². The molecule has 3 N–H and O–H groups in total. The van der Waals surface area contributed by atoms with Gasteiger partial charge in [-0.1, -0.05) is 13.3 Å². The molecule has 4 heteroatoms. The second kappa shape index (κ2) is 5.53. The fraction of sp³-hybridized carbons (Fsp3) is 1.00. The van der Waals surface area contributed by atoms with Crippen molar-refractivity contribution >= 4 is 10.8 Å². The molecule has 5 aliphatic carbocycles. The summed E-state index contributed by atoms with van der Waals surface area (Å²) in [5.74, 6) is 2.72. The van der Waals surface area contributed by atoms with E-state index >= 15 is 0 Å². The van der Waals surface area contributed by atoms with Crippen LogP contribution in [-0.4, -0.2) is 33.0 Å². The minimum Gasteiger partial charge on any atom is -0.392 e. The summed E-state index contributed by atoms with van der Waals surface area (Å²) in [6.45, 7) is 4.77. The molecule has 5 aliphatic rings. The van der Waals surface area contributed by atoms with Gasteiger partial charge in [0.15, 0.2) is 0 Å². The summed E-state index contributed by atoms with van der Waals surface area (Å²) in [5, 5.41) is 11.4. The van der Waals surface area contributed by atoms with Crippen LogP contribution in [0.2, 0.25) is 0 Å². The monoisotopic (exact) mass is 353 g/mol. The second-order valence-corrected chi connectivity index (χ2v) is 11.6. The van der Waals surface area contributed by atoms with Crippen molar-refractivity contribution in [3.63, 3.8) is 0 Å². The normalized spacial score (nSPS) is 58.0. The van der Waals surface area contributed by atoms with Crippen molar-refractivity contribution in [2.24, 2.45) is 40.2 Å². The highest BCUT2D eigenvalue weighted by Crippen LogP contribution is 2.70. The summed E-state index contributed by atoms with van der Waals surface area (Å²) in [4.78, 5) is 0. The van der Waals surface area contributed by atoms with Crippen LogP contribution in [0.4, 0.5) is 0 Å². The van der Waals surface area contributed by atoms with Gasteiger partial charge in [-0.25, -0.2) is 0 Å². The van der Waals surface area contributed by atoms with E-state index in [1.54, 1.807) is 6.26 Å². The van der Waals surface area contributed by atoms with E-state index in [9.17, 15) is 9.32 Å². The molecule has 24 heavy (non-hydrogen) atoms. The highest BCUT2D eigenvalue weighted by molar-refractivity contribution is 7.84. The largest absolute Gasteiger partial charge is 0.392 e. The quantitative estimate of drug-likeness (QED) is 0.802. The molecule has 0 aliphatic heterocycles. The maximum Gasteiger partial charge on any atom is 0.0638 e. The Morgan fingerprint density at radius 2 is 1.83 bits per heavy atom.